The van der Waals surface area contributed by atoms with E-state index in [4.69, 9.17) is 9.26 Å². The number of sulfonamides is 1. The van der Waals surface area contributed by atoms with E-state index in [1.807, 2.05) is 31.2 Å². The van der Waals surface area contributed by atoms with Crippen LogP contribution in [0, 0.1) is 6.92 Å². The third kappa shape index (κ3) is 5.01. The number of para-hydroxylation sites is 1. The number of hydrogen-bond acceptors (Lipinski definition) is 7. The minimum atomic E-state index is -3.77. The van der Waals surface area contributed by atoms with Crippen LogP contribution in [0.4, 0.5) is 5.69 Å². The summed E-state index contributed by atoms with van der Waals surface area (Å²) in [4.78, 5) is 16.6. The lowest BCUT2D eigenvalue weighted by Gasteiger charge is -2.08. The van der Waals surface area contributed by atoms with E-state index in [2.05, 4.69) is 14.9 Å². The average molecular weight is 449 g/mol. The molecule has 32 heavy (non-hydrogen) atoms. The summed E-state index contributed by atoms with van der Waals surface area (Å²) < 4.78 is 37.8. The first-order chi connectivity index (χ1) is 15.4. The van der Waals surface area contributed by atoms with Gasteiger partial charge in [0, 0.05) is 11.3 Å². The predicted octanol–water partition coefficient (Wildman–Crippen LogP) is 4.20. The third-order valence-electron chi connectivity index (χ3n) is 4.53. The fourth-order valence-electron chi connectivity index (χ4n) is 2.83. The molecule has 8 nitrogen and oxygen atoms in total. The first-order valence-electron chi connectivity index (χ1n) is 9.65. The van der Waals surface area contributed by atoms with Crippen molar-refractivity contribution in [3.05, 3.63) is 95.9 Å². The van der Waals surface area contributed by atoms with Gasteiger partial charge in [0.05, 0.1) is 10.5 Å². The van der Waals surface area contributed by atoms with E-state index in [9.17, 15) is 13.2 Å². The smallest absolute Gasteiger partial charge is 0.338 e. The van der Waals surface area contributed by atoms with Crippen LogP contribution in [-0.4, -0.2) is 24.5 Å². The van der Waals surface area contributed by atoms with Crippen molar-refractivity contribution in [3.8, 4) is 11.4 Å². The van der Waals surface area contributed by atoms with Crippen LogP contribution >= 0.6 is 0 Å². The van der Waals surface area contributed by atoms with Gasteiger partial charge in [0.2, 0.25) is 5.82 Å². The van der Waals surface area contributed by atoms with Crippen molar-refractivity contribution in [2.75, 3.05) is 4.72 Å². The van der Waals surface area contributed by atoms with E-state index in [1.54, 1.807) is 30.3 Å². The highest BCUT2D eigenvalue weighted by Gasteiger charge is 2.17. The lowest BCUT2D eigenvalue weighted by Crippen LogP contribution is -2.13. The third-order valence-corrected chi connectivity index (χ3v) is 5.93. The molecule has 0 bridgehead atoms. The molecule has 162 valence electrons. The summed E-state index contributed by atoms with van der Waals surface area (Å²) in [5.41, 5.74) is 2.54. The van der Waals surface area contributed by atoms with Crippen LogP contribution in [0.2, 0.25) is 0 Å². The van der Waals surface area contributed by atoms with E-state index in [-0.39, 0.29) is 23.0 Å². The summed E-state index contributed by atoms with van der Waals surface area (Å²) in [7, 11) is -3.77. The van der Waals surface area contributed by atoms with E-state index >= 15 is 0 Å². The van der Waals surface area contributed by atoms with Gasteiger partial charge in [0.25, 0.3) is 15.9 Å². The molecule has 0 fully saturated rings. The quantitative estimate of drug-likeness (QED) is 0.421. The van der Waals surface area contributed by atoms with E-state index in [0.29, 0.717) is 11.5 Å². The molecule has 0 saturated carbocycles. The monoisotopic (exact) mass is 449 g/mol. The molecule has 0 atom stereocenters. The number of carbonyl (C=O) groups is 1. The number of esters is 1. The summed E-state index contributed by atoms with van der Waals surface area (Å²) in [6, 6.07) is 21.6. The Balaban J connectivity index is 1.37. The number of ether oxygens (including phenoxy) is 1. The number of rotatable bonds is 7. The number of nitrogens with zero attached hydrogens (tertiary/aromatic N) is 2. The molecule has 0 spiro atoms. The zero-order valence-electron chi connectivity index (χ0n) is 17.1. The second-order valence-corrected chi connectivity index (χ2v) is 8.63. The number of aromatic nitrogens is 2. The Morgan fingerprint density at radius 3 is 2.34 bits per heavy atom. The van der Waals surface area contributed by atoms with Gasteiger partial charge >= 0.3 is 5.97 Å². The number of anilines is 1. The van der Waals surface area contributed by atoms with Gasteiger partial charge in [-0.25, -0.2) is 13.2 Å². The molecule has 1 aromatic heterocycles. The van der Waals surface area contributed by atoms with Gasteiger partial charge in [-0.2, -0.15) is 4.98 Å². The minimum Gasteiger partial charge on any atom is -0.452 e. The number of nitrogens with one attached hydrogen (secondary N) is 1. The van der Waals surface area contributed by atoms with Crippen molar-refractivity contribution in [1.82, 2.24) is 10.1 Å². The number of carbonyl (C=O) groups excluding carboxylic acids is 1. The highest BCUT2D eigenvalue weighted by molar-refractivity contribution is 7.92. The number of hydrogen-bond donors (Lipinski definition) is 1. The van der Waals surface area contributed by atoms with Gasteiger partial charge in [-0.05, 0) is 43.3 Å². The zero-order chi connectivity index (χ0) is 22.6. The van der Waals surface area contributed by atoms with Crippen LogP contribution in [0.15, 0.2) is 88.3 Å². The second-order valence-electron chi connectivity index (χ2n) is 6.95. The van der Waals surface area contributed by atoms with Crippen LogP contribution in [0.5, 0.6) is 0 Å². The topological polar surface area (TPSA) is 111 Å². The molecule has 3 aromatic carbocycles. The van der Waals surface area contributed by atoms with Crippen LogP contribution in [-0.2, 0) is 21.4 Å². The SMILES string of the molecule is Cc1ccc(-c2noc(COC(=O)c3ccc(S(=O)(=O)Nc4ccccc4)cc3)n2)cc1. The summed E-state index contributed by atoms with van der Waals surface area (Å²) in [5, 5.41) is 3.89. The minimum absolute atomic E-state index is 0.0255. The van der Waals surface area contributed by atoms with Gasteiger partial charge in [-0.15, -0.1) is 0 Å². The fourth-order valence-corrected chi connectivity index (χ4v) is 3.89. The molecule has 0 aliphatic rings. The summed E-state index contributed by atoms with van der Waals surface area (Å²) >= 11 is 0. The molecule has 0 radical (unpaired) electrons. The molecule has 1 heterocycles. The van der Waals surface area contributed by atoms with E-state index < -0.39 is 16.0 Å². The summed E-state index contributed by atoms with van der Waals surface area (Å²) in [5.74, 6) is -0.0863. The zero-order valence-corrected chi connectivity index (χ0v) is 17.9. The molecule has 0 aliphatic carbocycles. The first-order valence-corrected chi connectivity index (χ1v) is 11.1. The predicted molar refractivity (Wildman–Crippen MR) is 117 cm³/mol. The highest BCUT2D eigenvalue weighted by Crippen LogP contribution is 2.18. The standard InChI is InChI=1S/C23H19N3O5S/c1-16-7-9-17(10-8-16)22-24-21(31-25-22)15-30-23(27)18-11-13-20(14-12-18)32(28,29)26-19-5-3-2-4-6-19/h2-14,26H,15H2,1H3. The van der Waals surface area contributed by atoms with Crippen LogP contribution in [0.25, 0.3) is 11.4 Å². The molecule has 0 saturated heterocycles. The van der Waals surface area contributed by atoms with Gasteiger partial charge in [0.1, 0.15) is 0 Å². The molecule has 4 rings (SSSR count). The van der Waals surface area contributed by atoms with Crippen molar-refractivity contribution in [1.29, 1.82) is 0 Å². The Hall–Kier alpha value is -3.98. The van der Waals surface area contributed by atoms with Crippen molar-refractivity contribution in [2.45, 2.75) is 18.4 Å². The van der Waals surface area contributed by atoms with Crippen molar-refractivity contribution < 1.29 is 22.5 Å². The van der Waals surface area contributed by atoms with E-state index in [1.165, 1.54) is 24.3 Å². The van der Waals surface area contributed by atoms with Gasteiger partial charge < -0.3 is 9.26 Å². The Morgan fingerprint density at radius 1 is 0.969 bits per heavy atom. The fraction of sp³-hybridized carbons (Fsp3) is 0.0870. The molecule has 0 aliphatic heterocycles. The summed E-state index contributed by atoms with van der Waals surface area (Å²) in [6.07, 6.45) is 0. The van der Waals surface area contributed by atoms with Crippen molar-refractivity contribution in [2.24, 2.45) is 0 Å². The van der Waals surface area contributed by atoms with Gasteiger partial charge in [-0.1, -0.05) is 53.2 Å². The Morgan fingerprint density at radius 2 is 1.66 bits per heavy atom. The Bertz CT molecular complexity index is 1320. The molecule has 0 amide bonds. The van der Waals surface area contributed by atoms with Crippen LogP contribution in [0.1, 0.15) is 21.8 Å². The molecular formula is C23H19N3O5S. The molecule has 1 N–H and O–H groups in total. The molecular weight excluding hydrogens is 430 g/mol. The molecule has 4 aromatic rings. The molecule has 0 unspecified atom stereocenters. The average Bonchev–Trinajstić information content (AvgIpc) is 3.27. The maximum Gasteiger partial charge on any atom is 0.338 e. The first kappa shape index (κ1) is 21.3. The van der Waals surface area contributed by atoms with Crippen molar-refractivity contribution >= 4 is 21.7 Å². The maximum atomic E-state index is 12.5. The van der Waals surface area contributed by atoms with Crippen LogP contribution in [0.3, 0.4) is 0 Å². The lowest BCUT2D eigenvalue weighted by atomic mass is 10.1. The summed E-state index contributed by atoms with van der Waals surface area (Å²) in [6.45, 7) is 1.78. The van der Waals surface area contributed by atoms with Gasteiger partial charge in [0.15, 0.2) is 6.61 Å². The maximum absolute atomic E-state index is 12.5. The number of benzene rings is 3. The largest absolute Gasteiger partial charge is 0.452 e. The van der Waals surface area contributed by atoms with Gasteiger partial charge in [-0.3, -0.25) is 4.72 Å². The van der Waals surface area contributed by atoms with Crippen molar-refractivity contribution in [3.63, 3.8) is 0 Å². The Kier molecular flexibility index (Phi) is 6.00. The van der Waals surface area contributed by atoms with E-state index in [0.717, 1.165) is 11.1 Å². The second kappa shape index (κ2) is 9.03. The lowest BCUT2D eigenvalue weighted by molar-refractivity contribution is 0.0429. The number of aryl methyl sites for hydroxylation is 1. The van der Waals surface area contributed by atoms with Crippen LogP contribution < -0.4 is 4.72 Å². The molecule has 9 heteroatoms. The normalized spacial score (nSPS) is 11.2. The Labute approximate surface area is 184 Å². The highest BCUT2D eigenvalue weighted by atomic mass is 32.2.